The number of carbonyl (C=O) groups is 5. The molecule has 0 rings (SSSR count). The fourth-order valence-corrected chi connectivity index (χ4v) is 1.39. The summed E-state index contributed by atoms with van der Waals surface area (Å²) >= 11 is 0. The zero-order valence-electron chi connectivity index (χ0n) is 10.9. The zero-order valence-corrected chi connectivity index (χ0v) is 10.9. The summed E-state index contributed by atoms with van der Waals surface area (Å²) in [6.45, 7) is 2.00. The minimum Gasteiger partial charge on any atom is -0.473 e. The van der Waals surface area contributed by atoms with Crippen LogP contribution in [0.1, 0.15) is 26.7 Å². The minimum atomic E-state index is -1.88. The molecule has 0 saturated carbocycles. The smallest absolute Gasteiger partial charge is 0.418 e. The average Bonchev–Trinajstić information content (AvgIpc) is 2.41. The van der Waals surface area contributed by atoms with Gasteiger partial charge in [0.15, 0.2) is 12.2 Å². The fourth-order valence-electron chi connectivity index (χ4n) is 1.39. The van der Waals surface area contributed by atoms with E-state index in [-0.39, 0.29) is 12.8 Å². The largest absolute Gasteiger partial charge is 0.473 e. The van der Waals surface area contributed by atoms with Crippen LogP contribution < -0.4 is 0 Å². The summed E-state index contributed by atoms with van der Waals surface area (Å²) in [5.41, 5.74) is -1.77. The molecule has 0 aromatic carbocycles. The number of carboxylic acids is 2. The SMILES string of the molecule is CCC(CC)(OC(=O)C(=O)O)C(=O)COC(=O)C(=O)O. The summed E-state index contributed by atoms with van der Waals surface area (Å²) in [6.07, 6.45) is -0.0993. The van der Waals surface area contributed by atoms with Crippen LogP contribution in [0.15, 0.2) is 0 Å². The third kappa shape index (κ3) is 4.34. The second kappa shape index (κ2) is 7.22. The van der Waals surface area contributed by atoms with E-state index in [1.54, 1.807) is 0 Å². The molecule has 0 saturated heterocycles. The first kappa shape index (κ1) is 17.6. The maximum absolute atomic E-state index is 11.9. The molecule has 9 heteroatoms. The number of Topliss-reactive ketones (excluding diaryl/α,β-unsaturated/α-hetero) is 1. The summed E-state index contributed by atoms with van der Waals surface area (Å²) in [6, 6.07) is 0. The van der Waals surface area contributed by atoms with Crippen LogP contribution >= 0.6 is 0 Å². The highest BCUT2D eigenvalue weighted by Gasteiger charge is 2.41. The van der Waals surface area contributed by atoms with Crippen molar-refractivity contribution in [3.05, 3.63) is 0 Å². The highest BCUT2D eigenvalue weighted by Crippen LogP contribution is 2.22. The molecule has 0 atom stereocenters. The van der Waals surface area contributed by atoms with E-state index in [0.29, 0.717) is 0 Å². The lowest BCUT2D eigenvalue weighted by atomic mass is 9.92. The second-order valence-corrected chi connectivity index (χ2v) is 3.70. The number of ether oxygens (including phenoxy) is 2. The summed E-state index contributed by atoms with van der Waals surface area (Å²) in [7, 11) is 0. The van der Waals surface area contributed by atoms with Crippen LogP contribution in [0.5, 0.6) is 0 Å². The fraction of sp³-hybridized carbons (Fsp3) is 0.545. The molecule has 0 unspecified atom stereocenters. The maximum atomic E-state index is 11.9. The van der Waals surface area contributed by atoms with E-state index in [4.69, 9.17) is 10.2 Å². The molecule has 0 aromatic rings. The van der Waals surface area contributed by atoms with E-state index in [1.165, 1.54) is 13.8 Å². The molecule has 0 aliphatic carbocycles. The Kier molecular flexibility index (Phi) is 6.33. The topological polar surface area (TPSA) is 144 Å². The van der Waals surface area contributed by atoms with Gasteiger partial charge >= 0.3 is 23.9 Å². The van der Waals surface area contributed by atoms with Crippen LogP contribution in [0.25, 0.3) is 0 Å². The molecule has 0 amide bonds. The first-order valence-electron chi connectivity index (χ1n) is 5.59. The monoisotopic (exact) mass is 290 g/mol. The van der Waals surface area contributed by atoms with Crippen LogP contribution in [-0.4, -0.2) is 52.1 Å². The quantitative estimate of drug-likeness (QED) is 0.482. The molecule has 9 nitrogen and oxygen atoms in total. The molecule has 0 radical (unpaired) electrons. The third-order valence-corrected chi connectivity index (χ3v) is 2.62. The van der Waals surface area contributed by atoms with Gasteiger partial charge in [-0.2, -0.15) is 0 Å². The average molecular weight is 290 g/mol. The van der Waals surface area contributed by atoms with Crippen LogP contribution in [0.2, 0.25) is 0 Å². The van der Waals surface area contributed by atoms with Gasteiger partial charge in [-0.3, -0.25) is 4.79 Å². The second-order valence-electron chi connectivity index (χ2n) is 3.70. The molecule has 0 heterocycles. The molecule has 0 aliphatic rings. The van der Waals surface area contributed by atoms with Crippen molar-refractivity contribution < 1.29 is 43.7 Å². The highest BCUT2D eigenvalue weighted by molar-refractivity contribution is 6.29. The zero-order chi connectivity index (χ0) is 15.9. The lowest BCUT2D eigenvalue weighted by Crippen LogP contribution is -2.46. The standard InChI is InChI=1S/C11H14O9/c1-3-11(4-2,20-10(18)8(15)16)6(12)5-19-9(17)7(13)14/h3-5H2,1-2H3,(H,13,14)(H,15,16). The lowest BCUT2D eigenvalue weighted by molar-refractivity contribution is -0.181. The Morgan fingerprint density at radius 2 is 1.35 bits per heavy atom. The van der Waals surface area contributed by atoms with E-state index >= 15 is 0 Å². The van der Waals surface area contributed by atoms with Crippen molar-refractivity contribution in [1.29, 1.82) is 0 Å². The van der Waals surface area contributed by atoms with Gasteiger partial charge in [0, 0.05) is 0 Å². The van der Waals surface area contributed by atoms with Crippen molar-refractivity contribution in [2.75, 3.05) is 6.61 Å². The Labute approximate surface area is 113 Å². The summed E-state index contributed by atoms with van der Waals surface area (Å²) in [4.78, 5) is 54.3. The van der Waals surface area contributed by atoms with Crippen molar-refractivity contribution in [1.82, 2.24) is 0 Å². The van der Waals surface area contributed by atoms with Gasteiger partial charge in [-0.25, -0.2) is 19.2 Å². The minimum absolute atomic E-state index is 0.0496. The molecular formula is C11H14O9. The molecule has 0 spiro atoms. The van der Waals surface area contributed by atoms with Crippen LogP contribution in [0.3, 0.4) is 0 Å². The number of carboxylic acid groups (broad SMARTS) is 2. The van der Waals surface area contributed by atoms with Crippen molar-refractivity contribution in [2.45, 2.75) is 32.3 Å². The summed E-state index contributed by atoms with van der Waals surface area (Å²) < 4.78 is 8.82. The van der Waals surface area contributed by atoms with Gasteiger partial charge in [-0.1, -0.05) is 13.8 Å². The van der Waals surface area contributed by atoms with Crippen molar-refractivity contribution in [3.63, 3.8) is 0 Å². The number of ketones is 1. The molecular weight excluding hydrogens is 276 g/mol. The Bertz CT molecular complexity index is 433. The molecule has 2 N–H and O–H groups in total. The van der Waals surface area contributed by atoms with Crippen molar-refractivity contribution in [2.24, 2.45) is 0 Å². The summed E-state index contributed by atoms with van der Waals surface area (Å²) in [5, 5.41) is 16.7. The van der Waals surface area contributed by atoms with Gasteiger partial charge in [0.2, 0.25) is 5.78 Å². The van der Waals surface area contributed by atoms with Gasteiger partial charge in [-0.15, -0.1) is 0 Å². The summed E-state index contributed by atoms with van der Waals surface area (Å²) in [5.74, 6) is -7.90. The van der Waals surface area contributed by atoms with Crippen LogP contribution in [-0.2, 0) is 33.4 Å². The van der Waals surface area contributed by atoms with Crippen molar-refractivity contribution >= 4 is 29.7 Å². The third-order valence-electron chi connectivity index (χ3n) is 2.62. The number of hydrogen-bond donors (Lipinski definition) is 2. The maximum Gasteiger partial charge on any atom is 0.418 e. The first-order valence-corrected chi connectivity index (χ1v) is 5.59. The Balaban J connectivity index is 4.93. The molecule has 0 bridgehead atoms. The van der Waals surface area contributed by atoms with Gasteiger partial charge in [0.05, 0.1) is 0 Å². The van der Waals surface area contributed by atoms with Crippen LogP contribution in [0, 0.1) is 0 Å². The van der Waals surface area contributed by atoms with E-state index in [2.05, 4.69) is 9.47 Å². The van der Waals surface area contributed by atoms with E-state index in [1.807, 2.05) is 0 Å². The predicted molar refractivity (Wildman–Crippen MR) is 60.6 cm³/mol. The highest BCUT2D eigenvalue weighted by atomic mass is 16.6. The van der Waals surface area contributed by atoms with Gasteiger partial charge in [-0.05, 0) is 12.8 Å². The van der Waals surface area contributed by atoms with E-state index < -0.39 is 41.9 Å². The molecule has 112 valence electrons. The van der Waals surface area contributed by atoms with E-state index in [0.717, 1.165) is 0 Å². The Morgan fingerprint density at radius 3 is 1.70 bits per heavy atom. The first-order chi connectivity index (χ1) is 9.20. The van der Waals surface area contributed by atoms with Gasteiger partial charge in [0.25, 0.3) is 0 Å². The number of hydrogen-bond acceptors (Lipinski definition) is 7. The predicted octanol–water partition coefficient (Wildman–Crippen LogP) is -0.630. The number of esters is 2. The number of aliphatic carboxylic acids is 2. The lowest BCUT2D eigenvalue weighted by Gasteiger charge is -2.28. The molecule has 0 fully saturated rings. The number of rotatable bonds is 6. The normalized spacial score (nSPS) is 10.5. The van der Waals surface area contributed by atoms with Crippen molar-refractivity contribution in [3.8, 4) is 0 Å². The Hall–Kier alpha value is -2.45. The van der Waals surface area contributed by atoms with Gasteiger partial charge in [0.1, 0.15) is 0 Å². The van der Waals surface area contributed by atoms with E-state index in [9.17, 15) is 24.0 Å². The number of carbonyl (C=O) groups excluding carboxylic acids is 3. The van der Waals surface area contributed by atoms with Crippen LogP contribution in [0.4, 0.5) is 0 Å². The molecule has 0 aromatic heterocycles. The Morgan fingerprint density at radius 1 is 0.900 bits per heavy atom. The van der Waals surface area contributed by atoms with Gasteiger partial charge < -0.3 is 19.7 Å². The molecule has 0 aliphatic heterocycles. The molecule has 20 heavy (non-hydrogen) atoms.